The number of hydrogen-bond acceptors (Lipinski definition) is 2. The summed E-state index contributed by atoms with van der Waals surface area (Å²) >= 11 is 1.97. The number of thiophene rings is 1. The minimum Gasteiger partial charge on any atom is -0.336 e. The van der Waals surface area contributed by atoms with Crippen LogP contribution in [0.4, 0.5) is 5.69 Å². The lowest BCUT2D eigenvalue weighted by Gasteiger charge is -2.36. The first-order chi connectivity index (χ1) is 25.8. The van der Waals surface area contributed by atoms with E-state index in [-0.39, 0.29) is 6.04 Å². The van der Waals surface area contributed by atoms with Crippen molar-refractivity contribution in [1.29, 1.82) is 0 Å². The Morgan fingerprint density at radius 3 is 2.37 bits per heavy atom. The molecule has 252 valence electrons. The molecule has 0 bridgehead atoms. The first-order valence-electron chi connectivity index (χ1n) is 18.9. The maximum atomic E-state index is 2.68. The number of anilines is 1. The summed E-state index contributed by atoms with van der Waals surface area (Å²) in [6.07, 6.45) is 34.8. The highest BCUT2D eigenvalue weighted by Gasteiger charge is 2.28. The van der Waals surface area contributed by atoms with Gasteiger partial charge in [-0.1, -0.05) is 158 Å². The van der Waals surface area contributed by atoms with Gasteiger partial charge in [0.2, 0.25) is 0 Å². The van der Waals surface area contributed by atoms with Crippen molar-refractivity contribution < 1.29 is 0 Å². The average Bonchev–Trinajstić information content (AvgIpc) is 3.61. The van der Waals surface area contributed by atoms with E-state index in [0.717, 1.165) is 25.7 Å². The number of hydrogen-bond donors (Lipinski definition) is 0. The average molecular weight is 688 g/mol. The smallest absolute Gasteiger partial charge is 0.0557 e. The molecule has 4 atom stereocenters. The first-order valence-corrected chi connectivity index (χ1v) is 19.7. The van der Waals surface area contributed by atoms with Gasteiger partial charge in [0, 0.05) is 39.2 Å². The molecular weight excluding hydrogens is 647 g/mol. The van der Waals surface area contributed by atoms with Gasteiger partial charge in [0.1, 0.15) is 0 Å². The fraction of sp³-hybridized carbons (Fsp3) is 0.160. The summed E-state index contributed by atoms with van der Waals surface area (Å²) in [5.74, 6) is 1.32. The molecule has 5 aliphatic carbocycles. The Hall–Kier alpha value is -5.44. The van der Waals surface area contributed by atoms with Crippen LogP contribution in [-0.2, 0) is 0 Å². The highest BCUT2D eigenvalue weighted by atomic mass is 32.1. The van der Waals surface area contributed by atoms with E-state index in [9.17, 15) is 0 Å². The predicted octanol–water partition coefficient (Wildman–Crippen LogP) is 11.5. The van der Waals surface area contributed by atoms with Crippen LogP contribution in [0.5, 0.6) is 0 Å². The van der Waals surface area contributed by atoms with Crippen LogP contribution in [0.15, 0.2) is 169 Å². The summed E-state index contributed by atoms with van der Waals surface area (Å²) in [7, 11) is 0. The third-order valence-electron chi connectivity index (χ3n) is 11.6. The fourth-order valence-electron chi connectivity index (χ4n) is 9.00. The normalized spacial score (nSPS) is 22.7. The Bertz CT molecular complexity index is 2530. The van der Waals surface area contributed by atoms with E-state index in [1.807, 2.05) is 11.3 Å². The first kappa shape index (κ1) is 31.3. The molecule has 0 spiro atoms. The van der Waals surface area contributed by atoms with Gasteiger partial charge in [0.15, 0.2) is 0 Å². The summed E-state index contributed by atoms with van der Waals surface area (Å²) in [5.41, 5.74) is 12.2. The van der Waals surface area contributed by atoms with Crippen LogP contribution in [0.1, 0.15) is 48.3 Å². The Kier molecular flexibility index (Phi) is 7.99. The molecule has 5 aromatic rings. The molecule has 0 saturated carbocycles. The lowest BCUT2D eigenvalue weighted by atomic mass is 9.80. The number of benzene rings is 4. The number of rotatable bonds is 6. The van der Waals surface area contributed by atoms with Crippen LogP contribution in [0.3, 0.4) is 0 Å². The summed E-state index contributed by atoms with van der Waals surface area (Å²) in [4.78, 5) is 2.68. The summed E-state index contributed by atoms with van der Waals surface area (Å²) in [6.45, 7) is 0. The van der Waals surface area contributed by atoms with E-state index in [1.165, 1.54) is 70.2 Å². The van der Waals surface area contributed by atoms with Crippen molar-refractivity contribution in [2.45, 2.75) is 37.6 Å². The molecule has 0 radical (unpaired) electrons. The Balaban J connectivity index is 1.07. The molecule has 52 heavy (non-hydrogen) atoms. The summed E-state index contributed by atoms with van der Waals surface area (Å²) in [5, 5.41) is 2.80. The molecule has 4 aromatic carbocycles. The van der Waals surface area contributed by atoms with E-state index in [2.05, 4.69) is 181 Å². The molecule has 0 N–H and O–H groups in total. The largest absolute Gasteiger partial charge is 0.336 e. The summed E-state index contributed by atoms with van der Waals surface area (Å²) in [6, 6.07) is 36.3. The van der Waals surface area contributed by atoms with E-state index in [0.29, 0.717) is 17.8 Å². The quantitative estimate of drug-likeness (QED) is 0.172. The zero-order valence-corrected chi connectivity index (χ0v) is 30.1. The van der Waals surface area contributed by atoms with Crippen molar-refractivity contribution in [3.63, 3.8) is 0 Å². The number of allylic oxidation sites excluding steroid dienone is 11. The van der Waals surface area contributed by atoms with E-state index in [1.54, 1.807) is 0 Å². The van der Waals surface area contributed by atoms with Gasteiger partial charge >= 0.3 is 0 Å². The minimum atomic E-state index is 0.234. The molecular formula is C50H41NS. The highest BCUT2D eigenvalue weighted by molar-refractivity contribution is 7.17. The maximum Gasteiger partial charge on any atom is 0.0557 e. The fourth-order valence-corrected chi connectivity index (χ4v) is 10.3. The third-order valence-corrected chi connectivity index (χ3v) is 12.8. The molecule has 1 aromatic heterocycles. The van der Waals surface area contributed by atoms with Crippen LogP contribution in [0, 0.1) is 11.8 Å². The van der Waals surface area contributed by atoms with Gasteiger partial charge in [-0.3, -0.25) is 0 Å². The lowest BCUT2D eigenvalue weighted by molar-refractivity contribution is 0.663. The SMILES string of the molecule is C1=CC2C=CC(c3ccc(N(C4=c5sc6cccc(-c7ccccc7)c6c5=CCC4)C4C=CC(C5CC=Cc6ccccc65)=CC4)cc3)=CC2C=C1. The van der Waals surface area contributed by atoms with Gasteiger partial charge < -0.3 is 4.90 Å². The molecule has 4 unspecified atom stereocenters. The minimum absolute atomic E-state index is 0.234. The zero-order chi connectivity index (χ0) is 34.4. The second-order valence-electron chi connectivity index (χ2n) is 14.6. The van der Waals surface area contributed by atoms with Gasteiger partial charge in [0.05, 0.1) is 10.6 Å². The van der Waals surface area contributed by atoms with Gasteiger partial charge in [-0.05, 0) is 88.1 Å². The topological polar surface area (TPSA) is 3.24 Å². The van der Waals surface area contributed by atoms with E-state index >= 15 is 0 Å². The molecule has 1 nitrogen and oxygen atoms in total. The maximum absolute atomic E-state index is 2.68. The zero-order valence-electron chi connectivity index (χ0n) is 29.2. The molecule has 0 aliphatic heterocycles. The second kappa shape index (κ2) is 13.3. The van der Waals surface area contributed by atoms with Crippen molar-refractivity contribution in [3.8, 4) is 11.1 Å². The van der Waals surface area contributed by atoms with Crippen molar-refractivity contribution >= 4 is 50.5 Å². The van der Waals surface area contributed by atoms with Crippen molar-refractivity contribution in [1.82, 2.24) is 0 Å². The van der Waals surface area contributed by atoms with Crippen molar-refractivity contribution in [2.75, 3.05) is 4.90 Å². The number of fused-ring (bicyclic) bond motifs is 5. The Morgan fingerprint density at radius 2 is 1.50 bits per heavy atom. The van der Waals surface area contributed by atoms with Gasteiger partial charge in [-0.15, -0.1) is 11.3 Å². The van der Waals surface area contributed by atoms with Gasteiger partial charge in [-0.25, -0.2) is 0 Å². The Morgan fingerprint density at radius 1 is 0.654 bits per heavy atom. The second-order valence-corrected chi connectivity index (χ2v) is 15.6. The molecule has 0 fully saturated rings. The van der Waals surface area contributed by atoms with Crippen LogP contribution >= 0.6 is 11.3 Å². The molecule has 5 aliphatic rings. The van der Waals surface area contributed by atoms with Gasteiger partial charge in [-0.2, -0.15) is 0 Å². The molecule has 0 saturated heterocycles. The lowest BCUT2D eigenvalue weighted by Crippen LogP contribution is -2.40. The molecule has 2 heteroatoms. The van der Waals surface area contributed by atoms with Gasteiger partial charge in [0.25, 0.3) is 0 Å². The predicted molar refractivity (Wildman–Crippen MR) is 223 cm³/mol. The standard InChI is InChI=1S/C50H41NS/c1-2-12-37(13-3-1)45-19-10-22-48-49(45)46-20-9-21-47(50(46)52-48)51(41-29-25-35(26-30-41)40-24-23-34-11-4-5-15-39(34)33-40)42-31-27-38(28-32-42)44-18-8-16-36-14-6-7-17-43(36)44/h1-8,10-17,19-20,22-31,33-34,39,42,44H,9,18,21,32H2. The number of nitrogens with zero attached hydrogens (tertiary/aromatic N) is 1. The van der Waals surface area contributed by atoms with Crippen LogP contribution in [0.25, 0.3) is 44.6 Å². The van der Waals surface area contributed by atoms with Crippen LogP contribution in [0.2, 0.25) is 0 Å². The Labute approximate surface area is 310 Å². The molecule has 10 rings (SSSR count). The van der Waals surface area contributed by atoms with Crippen LogP contribution in [-0.4, -0.2) is 6.04 Å². The van der Waals surface area contributed by atoms with Crippen molar-refractivity contribution in [2.24, 2.45) is 11.8 Å². The van der Waals surface area contributed by atoms with Crippen molar-refractivity contribution in [3.05, 3.63) is 196 Å². The molecule has 0 amide bonds. The van der Waals surface area contributed by atoms with Crippen LogP contribution < -0.4 is 14.7 Å². The highest BCUT2D eigenvalue weighted by Crippen LogP contribution is 2.40. The summed E-state index contributed by atoms with van der Waals surface area (Å²) < 4.78 is 2.79. The van der Waals surface area contributed by atoms with E-state index in [4.69, 9.17) is 0 Å². The third kappa shape index (κ3) is 5.54. The van der Waals surface area contributed by atoms with E-state index < -0.39 is 0 Å². The molecule has 1 heterocycles. The monoisotopic (exact) mass is 687 g/mol.